The number of aromatic amines is 1. The van der Waals surface area contributed by atoms with Crippen LogP contribution in [0.3, 0.4) is 0 Å². The topological polar surface area (TPSA) is 63.6 Å². The van der Waals surface area contributed by atoms with Crippen molar-refractivity contribution in [2.24, 2.45) is 0 Å². The first-order chi connectivity index (χ1) is 12.1. The van der Waals surface area contributed by atoms with Crippen molar-refractivity contribution in [2.75, 3.05) is 0 Å². The monoisotopic (exact) mass is 350 g/mol. The summed E-state index contributed by atoms with van der Waals surface area (Å²) in [7, 11) is 0. The molecule has 4 aromatic rings. The first-order valence-electron chi connectivity index (χ1n) is 7.87. The SMILES string of the molecule is Cc1cccc(Cn2cnc3nc(-c4cccc(Cl)c4)[nH]c(=O)c32)c1. The molecule has 6 heteroatoms. The van der Waals surface area contributed by atoms with Crippen LogP contribution in [0.25, 0.3) is 22.6 Å². The van der Waals surface area contributed by atoms with E-state index in [4.69, 9.17) is 11.6 Å². The van der Waals surface area contributed by atoms with E-state index in [0.717, 1.165) is 11.1 Å². The molecule has 2 aromatic heterocycles. The van der Waals surface area contributed by atoms with Gasteiger partial charge < -0.3 is 9.55 Å². The molecule has 0 aliphatic heterocycles. The molecule has 0 aliphatic rings. The highest BCUT2D eigenvalue weighted by molar-refractivity contribution is 6.30. The molecule has 0 unspecified atom stereocenters. The minimum Gasteiger partial charge on any atom is -0.320 e. The maximum absolute atomic E-state index is 12.6. The van der Waals surface area contributed by atoms with Crippen LogP contribution in [0, 0.1) is 6.92 Å². The molecule has 4 rings (SSSR count). The lowest BCUT2D eigenvalue weighted by molar-refractivity contribution is 0.819. The fourth-order valence-electron chi connectivity index (χ4n) is 2.89. The zero-order valence-electron chi connectivity index (χ0n) is 13.5. The van der Waals surface area contributed by atoms with E-state index in [1.165, 1.54) is 5.56 Å². The predicted octanol–water partition coefficient (Wildman–Crippen LogP) is 3.80. The Morgan fingerprint density at radius 3 is 2.80 bits per heavy atom. The number of hydrogen-bond donors (Lipinski definition) is 1. The normalized spacial score (nSPS) is 11.1. The Labute approximate surface area is 149 Å². The van der Waals surface area contributed by atoms with E-state index in [2.05, 4.69) is 21.0 Å². The molecule has 1 N–H and O–H groups in total. The van der Waals surface area contributed by atoms with Crippen molar-refractivity contribution in [3.05, 3.63) is 81.4 Å². The summed E-state index contributed by atoms with van der Waals surface area (Å²) in [5, 5.41) is 0.588. The zero-order valence-corrected chi connectivity index (χ0v) is 14.3. The van der Waals surface area contributed by atoms with E-state index in [-0.39, 0.29) is 5.56 Å². The second kappa shape index (κ2) is 6.18. The van der Waals surface area contributed by atoms with Gasteiger partial charge in [-0.15, -0.1) is 0 Å². The Morgan fingerprint density at radius 1 is 1.16 bits per heavy atom. The summed E-state index contributed by atoms with van der Waals surface area (Å²) in [5.41, 5.74) is 3.71. The van der Waals surface area contributed by atoms with Crippen LogP contribution in [0.5, 0.6) is 0 Å². The van der Waals surface area contributed by atoms with Crippen molar-refractivity contribution in [3.63, 3.8) is 0 Å². The minimum atomic E-state index is -0.217. The number of rotatable bonds is 3. The molecule has 0 spiro atoms. The van der Waals surface area contributed by atoms with Crippen LogP contribution >= 0.6 is 11.6 Å². The summed E-state index contributed by atoms with van der Waals surface area (Å²) >= 11 is 6.02. The van der Waals surface area contributed by atoms with Gasteiger partial charge in [0.15, 0.2) is 11.2 Å². The van der Waals surface area contributed by atoms with Gasteiger partial charge in [-0.1, -0.05) is 53.6 Å². The molecule has 0 aliphatic carbocycles. The molecular formula is C19H15ClN4O. The van der Waals surface area contributed by atoms with Crippen LogP contribution in [-0.4, -0.2) is 19.5 Å². The van der Waals surface area contributed by atoms with Crippen LogP contribution < -0.4 is 5.56 Å². The number of imidazole rings is 1. The number of nitrogens with one attached hydrogen (secondary N) is 1. The van der Waals surface area contributed by atoms with Gasteiger partial charge in [-0.2, -0.15) is 0 Å². The second-order valence-electron chi connectivity index (χ2n) is 5.96. The molecule has 2 heterocycles. The summed E-state index contributed by atoms with van der Waals surface area (Å²) in [6.45, 7) is 2.61. The largest absolute Gasteiger partial charge is 0.320 e. The van der Waals surface area contributed by atoms with E-state index in [1.54, 1.807) is 18.5 Å². The molecule has 0 bridgehead atoms. The average Bonchev–Trinajstić information content (AvgIpc) is 2.98. The molecular weight excluding hydrogens is 336 g/mol. The van der Waals surface area contributed by atoms with E-state index in [9.17, 15) is 4.79 Å². The third-order valence-corrected chi connectivity index (χ3v) is 4.25. The maximum Gasteiger partial charge on any atom is 0.277 e. The molecule has 0 radical (unpaired) electrons. The van der Waals surface area contributed by atoms with E-state index in [0.29, 0.717) is 28.6 Å². The maximum atomic E-state index is 12.6. The molecule has 0 saturated heterocycles. The molecule has 25 heavy (non-hydrogen) atoms. The van der Waals surface area contributed by atoms with Crippen molar-refractivity contribution in [2.45, 2.75) is 13.5 Å². The Kier molecular flexibility index (Phi) is 3.86. The van der Waals surface area contributed by atoms with Gasteiger partial charge in [0.05, 0.1) is 6.33 Å². The number of nitrogens with zero attached hydrogens (tertiary/aromatic N) is 3. The molecule has 0 amide bonds. The lowest BCUT2D eigenvalue weighted by Crippen LogP contribution is -2.13. The first-order valence-corrected chi connectivity index (χ1v) is 8.24. The second-order valence-corrected chi connectivity index (χ2v) is 6.40. The summed E-state index contributed by atoms with van der Waals surface area (Å²) in [6.07, 6.45) is 1.65. The third kappa shape index (κ3) is 3.06. The van der Waals surface area contributed by atoms with Crippen molar-refractivity contribution >= 4 is 22.8 Å². The Morgan fingerprint density at radius 2 is 2.00 bits per heavy atom. The molecule has 0 saturated carbocycles. The van der Waals surface area contributed by atoms with Gasteiger partial charge in [0.25, 0.3) is 5.56 Å². The quantitative estimate of drug-likeness (QED) is 0.611. The lowest BCUT2D eigenvalue weighted by atomic mass is 10.1. The third-order valence-electron chi connectivity index (χ3n) is 4.02. The van der Waals surface area contributed by atoms with Gasteiger partial charge in [0.1, 0.15) is 5.82 Å². The number of aromatic nitrogens is 4. The van der Waals surface area contributed by atoms with Gasteiger partial charge in [-0.25, -0.2) is 9.97 Å². The molecule has 0 fully saturated rings. The smallest absolute Gasteiger partial charge is 0.277 e. The number of benzene rings is 2. The van der Waals surface area contributed by atoms with Crippen molar-refractivity contribution in [1.82, 2.24) is 19.5 Å². The van der Waals surface area contributed by atoms with Crippen LogP contribution in [0.2, 0.25) is 5.02 Å². The van der Waals surface area contributed by atoms with Crippen molar-refractivity contribution in [1.29, 1.82) is 0 Å². The highest BCUT2D eigenvalue weighted by Gasteiger charge is 2.12. The summed E-state index contributed by atoms with van der Waals surface area (Å²) in [4.78, 5) is 24.2. The van der Waals surface area contributed by atoms with Crippen LogP contribution in [0.1, 0.15) is 11.1 Å². The Hall–Kier alpha value is -2.92. The lowest BCUT2D eigenvalue weighted by Gasteiger charge is -2.06. The Bertz CT molecular complexity index is 1130. The number of hydrogen-bond acceptors (Lipinski definition) is 3. The fraction of sp³-hybridized carbons (Fsp3) is 0.105. The number of aryl methyl sites for hydroxylation is 1. The van der Waals surface area contributed by atoms with Crippen LogP contribution in [-0.2, 0) is 6.54 Å². The average molecular weight is 351 g/mol. The number of H-pyrrole nitrogens is 1. The molecule has 0 atom stereocenters. The zero-order chi connectivity index (χ0) is 17.4. The van der Waals surface area contributed by atoms with Gasteiger partial charge in [-0.05, 0) is 24.6 Å². The highest BCUT2D eigenvalue weighted by atomic mass is 35.5. The van der Waals surface area contributed by atoms with Crippen LogP contribution in [0.15, 0.2) is 59.7 Å². The summed E-state index contributed by atoms with van der Waals surface area (Å²) in [6, 6.07) is 15.4. The minimum absolute atomic E-state index is 0.217. The summed E-state index contributed by atoms with van der Waals surface area (Å²) in [5.74, 6) is 0.459. The van der Waals surface area contributed by atoms with E-state index >= 15 is 0 Å². The van der Waals surface area contributed by atoms with Gasteiger partial charge in [-0.3, -0.25) is 4.79 Å². The van der Waals surface area contributed by atoms with E-state index < -0.39 is 0 Å². The van der Waals surface area contributed by atoms with Crippen LogP contribution in [0.4, 0.5) is 0 Å². The number of halogens is 1. The predicted molar refractivity (Wildman–Crippen MR) is 98.9 cm³/mol. The Balaban J connectivity index is 1.78. The highest BCUT2D eigenvalue weighted by Crippen LogP contribution is 2.20. The molecule has 2 aromatic carbocycles. The standard InChI is InChI=1S/C19H15ClN4O/c1-12-4-2-5-13(8-12)10-24-11-21-18-16(24)19(25)23-17(22-18)14-6-3-7-15(20)9-14/h2-9,11H,10H2,1H3,(H,22,23,25). The molecule has 5 nitrogen and oxygen atoms in total. The van der Waals surface area contributed by atoms with Crippen molar-refractivity contribution in [3.8, 4) is 11.4 Å². The fourth-order valence-corrected chi connectivity index (χ4v) is 3.08. The van der Waals surface area contributed by atoms with Gasteiger partial charge in [0.2, 0.25) is 0 Å². The molecule has 124 valence electrons. The number of fused-ring (bicyclic) bond motifs is 1. The summed E-state index contributed by atoms with van der Waals surface area (Å²) < 4.78 is 1.82. The van der Waals surface area contributed by atoms with Crippen molar-refractivity contribution < 1.29 is 0 Å². The van der Waals surface area contributed by atoms with Gasteiger partial charge in [0, 0.05) is 17.1 Å². The van der Waals surface area contributed by atoms with E-state index in [1.807, 2.05) is 41.8 Å². The first kappa shape index (κ1) is 15.6. The van der Waals surface area contributed by atoms with Gasteiger partial charge >= 0.3 is 0 Å².